The van der Waals surface area contributed by atoms with Crippen LogP contribution >= 0.6 is 11.8 Å². The number of thioether (sulfide) groups is 1. The highest BCUT2D eigenvalue weighted by Crippen LogP contribution is 2.56. The number of nitrogens with one attached hydrogen (secondary N) is 1. The van der Waals surface area contributed by atoms with E-state index in [2.05, 4.69) is 5.32 Å². The molecule has 24 heavy (non-hydrogen) atoms. The van der Waals surface area contributed by atoms with Gasteiger partial charge in [-0.3, -0.25) is 9.59 Å². The molecule has 1 aromatic carbocycles. The molecule has 5 rings (SSSR count). The number of amides is 2. The first-order valence-electron chi connectivity index (χ1n) is 8.91. The Bertz CT molecular complexity index is 633. The van der Waals surface area contributed by atoms with Crippen molar-refractivity contribution in [1.29, 1.82) is 0 Å². The van der Waals surface area contributed by atoms with Crippen LogP contribution < -0.4 is 11.1 Å². The number of para-hydroxylation sites is 1. The predicted molar refractivity (Wildman–Crippen MR) is 95.5 cm³/mol. The monoisotopic (exact) mass is 344 g/mol. The van der Waals surface area contributed by atoms with Gasteiger partial charge in [0.1, 0.15) is 0 Å². The van der Waals surface area contributed by atoms with E-state index in [4.69, 9.17) is 5.73 Å². The Morgan fingerprint density at radius 3 is 2.29 bits per heavy atom. The van der Waals surface area contributed by atoms with Crippen LogP contribution in [0.15, 0.2) is 29.2 Å². The highest BCUT2D eigenvalue weighted by molar-refractivity contribution is 8.00. The van der Waals surface area contributed by atoms with Crippen LogP contribution in [-0.4, -0.2) is 17.6 Å². The molecule has 4 aliphatic carbocycles. The summed E-state index contributed by atoms with van der Waals surface area (Å²) in [5.41, 5.74) is 6.05. The summed E-state index contributed by atoms with van der Waals surface area (Å²) in [6.45, 7) is 0. The van der Waals surface area contributed by atoms with Crippen molar-refractivity contribution in [2.45, 2.75) is 37.0 Å². The van der Waals surface area contributed by atoms with Gasteiger partial charge in [-0.2, -0.15) is 0 Å². The van der Waals surface area contributed by atoms with E-state index in [9.17, 15) is 9.59 Å². The van der Waals surface area contributed by atoms with Gasteiger partial charge in [0, 0.05) is 10.8 Å². The van der Waals surface area contributed by atoms with E-state index in [1.165, 1.54) is 43.9 Å². The Kier molecular flexibility index (Phi) is 4.29. The molecule has 4 nitrogen and oxygen atoms in total. The quantitative estimate of drug-likeness (QED) is 0.805. The van der Waals surface area contributed by atoms with Crippen LogP contribution in [0.25, 0.3) is 0 Å². The number of primary amides is 1. The second-order valence-electron chi connectivity index (χ2n) is 7.70. The Morgan fingerprint density at radius 1 is 1.04 bits per heavy atom. The molecule has 0 aliphatic heterocycles. The molecule has 4 aliphatic rings. The van der Waals surface area contributed by atoms with Crippen molar-refractivity contribution in [2.24, 2.45) is 35.3 Å². The van der Waals surface area contributed by atoms with Gasteiger partial charge < -0.3 is 11.1 Å². The molecule has 0 aromatic heterocycles. The zero-order valence-corrected chi connectivity index (χ0v) is 14.6. The molecule has 0 spiro atoms. The predicted octanol–water partition coefficient (Wildman–Crippen LogP) is 3.27. The largest absolute Gasteiger partial charge is 0.369 e. The molecular weight excluding hydrogens is 320 g/mol. The van der Waals surface area contributed by atoms with Crippen LogP contribution in [0.4, 0.5) is 5.69 Å². The van der Waals surface area contributed by atoms with Gasteiger partial charge >= 0.3 is 0 Å². The topological polar surface area (TPSA) is 72.2 Å². The van der Waals surface area contributed by atoms with Crippen molar-refractivity contribution >= 4 is 29.3 Å². The number of rotatable bonds is 5. The van der Waals surface area contributed by atoms with E-state index in [1.54, 1.807) is 0 Å². The van der Waals surface area contributed by atoms with Crippen molar-refractivity contribution in [3.05, 3.63) is 24.3 Å². The van der Waals surface area contributed by atoms with Crippen molar-refractivity contribution in [1.82, 2.24) is 0 Å². The molecule has 1 aromatic rings. The Hall–Kier alpha value is -1.49. The molecule has 0 atom stereocenters. The van der Waals surface area contributed by atoms with E-state index in [-0.39, 0.29) is 23.5 Å². The van der Waals surface area contributed by atoms with E-state index < -0.39 is 0 Å². The standard InChI is InChI=1S/C19H24N2O2S/c20-17(22)10-24-16-4-2-1-3-15(16)21-19(23)18-13-6-11-5-12(8-13)9-14(18)7-11/h1-4,11-14,18H,5-10H2,(H2,20,22)(H,21,23). The molecule has 0 saturated heterocycles. The van der Waals surface area contributed by atoms with Crippen LogP contribution in [0.3, 0.4) is 0 Å². The Balaban J connectivity index is 1.48. The van der Waals surface area contributed by atoms with Gasteiger partial charge in [0.25, 0.3) is 0 Å². The van der Waals surface area contributed by atoms with Gasteiger partial charge in [-0.25, -0.2) is 0 Å². The van der Waals surface area contributed by atoms with Crippen LogP contribution in [0.5, 0.6) is 0 Å². The fraction of sp³-hybridized carbons (Fsp3) is 0.579. The minimum absolute atomic E-state index is 0.173. The molecule has 4 fully saturated rings. The maximum Gasteiger partial charge on any atom is 0.228 e. The van der Waals surface area contributed by atoms with Gasteiger partial charge in [-0.15, -0.1) is 11.8 Å². The van der Waals surface area contributed by atoms with Gasteiger partial charge in [-0.1, -0.05) is 12.1 Å². The molecule has 0 unspecified atom stereocenters. The summed E-state index contributed by atoms with van der Waals surface area (Å²) >= 11 is 1.38. The van der Waals surface area contributed by atoms with Crippen molar-refractivity contribution in [2.75, 3.05) is 11.1 Å². The van der Waals surface area contributed by atoms with E-state index in [0.29, 0.717) is 11.8 Å². The number of nitrogens with two attached hydrogens (primary N) is 1. The first-order valence-corrected chi connectivity index (χ1v) is 9.89. The van der Waals surface area contributed by atoms with Crippen LogP contribution in [0, 0.1) is 29.6 Å². The summed E-state index contributed by atoms with van der Waals surface area (Å²) < 4.78 is 0. The van der Waals surface area contributed by atoms with Gasteiger partial charge in [0.2, 0.25) is 11.8 Å². The lowest BCUT2D eigenvalue weighted by molar-refractivity contribution is -0.132. The number of hydrogen-bond donors (Lipinski definition) is 2. The first kappa shape index (κ1) is 16.0. The van der Waals surface area contributed by atoms with Crippen LogP contribution in [0.1, 0.15) is 32.1 Å². The molecule has 5 heteroatoms. The van der Waals surface area contributed by atoms with Crippen molar-refractivity contribution in [3.8, 4) is 0 Å². The average Bonchev–Trinajstić information content (AvgIpc) is 2.53. The molecule has 2 amide bonds. The Labute approximate surface area is 146 Å². The number of hydrogen-bond acceptors (Lipinski definition) is 3. The summed E-state index contributed by atoms with van der Waals surface area (Å²) in [6, 6.07) is 7.68. The van der Waals surface area contributed by atoms with E-state index in [1.807, 2.05) is 24.3 Å². The van der Waals surface area contributed by atoms with Gasteiger partial charge in [0.15, 0.2) is 0 Å². The third-order valence-corrected chi connectivity index (χ3v) is 7.14. The van der Waals surface area contributed by atoms with Crippen LogP contribution in [-0.2, 0) is 9.59 Å². The fourth-order valence-electron chi connectivity index (χ4n) is 5.41. The fourth-order valence-corrected chi connectivity index (χ4v) is 6.16. The van der Waals surface area contributed by atoms with Gasteiger partial charge in [-0.05, 0) is 67.9 Å². The molecule has 128 valence electrons. The second kappa shape index (κ2) is 6.43. The normalized spacial score (nSPS) is 33.4. The highest BCUT2D eigenvalue weighted by Gasteiger charge is 2.50. The van der Waals surface area contributed by atoms with Gasteiger partial charge in [0.05, 0.1) is 11.4 Å². The molecule has 0 radical (unpaired) electrons. The lowest BCUT2D eigenvalue weighted by Gasteiger charge is -2.53. The maximum atomic E-state index is 13.0. The zero-order chi connectivity index (χ0) is 16.7. The molecule has 4 bridgehead atoms. The highest BCUT2D eigenvalue weighted by atomic mass is 32.2. The summed E-state index contributed by atoms with van der Waals surface area (Å²) in [6.07, 6.45) is 6.35. The van der Waals surface area contributed by atoms with Crippen LogP contribution in [0.2, 0.25) is 0 Å². The average molecular weight is 344 g/mol. The van der Waals surface area contributed by atoms with Crippen molar-refractivity contribution in [3.63, 3.8) is 0 Å². The van der Waals surface area contributed by atoms with E-state index >= 15 is 0 Å². The summed E-state index contributed by atoms with van der Waals surface area (Å²) in [7, 11) is 0. The smallest absolute Gasteiger partial charge is 0.228 e. The SMILES string of the molecule is NC(=O)CSc1ccccc1NC(=O)C1C2CC3CC(C2)CC1C3. The summed E-state index contributed by atoms with van der Waals surface area (Å²) in [5, 5.41) is 3.15. The summed E-state index contributed by atoms with van der Waals surface area (Å²) in [5.74, 6) is 3.12. The molecule has 3 N–H and O–H groups in total. The minimum Gasteiger partial charge on any atom is -0.369 e. The molecule has 0 heterocycles. The maximum absolute atomic E-state index is 13.0. The third kappa shape index (κ3) is 3.06. The first-order chi connectivity index (χ1) is 11.6. The number of benzene rings is 1. The Morgan fingerprint density at radius 2 is 1.67 bits per heavy atom. The lowest BCUT2D eigenvalue weighted by atomic mass is 9.51. The lowest BCUT2D eigenvalue weighted by Crippen LogP contribution is -2.49. The summed E-state index contributed by atoms with van der Waals surface area (Å²) in [4.78, 5) is 24.9. The van der Waals surface area contributed by atoms with E-state index in [0.717, 1.165) is 22.4 Å². The second-order valence-corrected chi connectivity index (χ2v) is 8.71. The number of carbonyl (C=O) groups is 2. The van der Waals surface area contributed by atoms with Crippen molar-refractivity contribution < 1.29 is 9.59 Å². The minimum atomic E-state index is -0.345. The zero-order valence-electron chi connectivity index (χ0n) is 13.7. The number of anilines is 1. The number of carbonyl (C=O) groups excluding carboxylic acids is 2. The molecular formula is C19H24N2O2S. The third-order valence-electron chi connectivity index (χ3n) is 6.04. The molecule has 4 saturated carbocycles.